The van der Waals surface area contributed by atoms with Crippen LogP contribution in [0.25, 0.3) is 0 Å². The zero-order valence-corrected chi connectivity index (χ0v) is 15.3. The van der Waals surface area contributed by atoms with Crippen LogP contribution in [0.4, 0.5) is 0 Å². The fourth-order valence-corrected chi connectivity index (χ4v) is 3.26. The Labute approximate surface area is 155 Å². The van der Waals surface area contributed by atoms with Gasteiger partial charge in [-0.25, -0.2) is 0 Å². The van der Waals surface area contributed by atoms with E-state index in [1.54, 1.807) is 0 Å². The lowest BCUT2D eigenvalue weighted by molar-refractivity contribution is -0.128. The van der Waals surface area contributed by atoms with E-state index in [4.69, 9.17) is 0 Å². The molecule has 0 aliphatic carbocycles. The van der Waals surface area contributed by atoms with Crippen molar-refractivity contribution in [1.29, 1.82) is 0 Å². The second kappa shape index (κ2) is 8.65. The van der Waals surface area contributed by atoms with Crippen molar-refractivity contribution in [2.45, 2.75) is 45.2 Å². The van der Waals surface area contributed by atoms with Crippen LogP contribution in [-0.2, 0) is 17.8 Å². The predicted octanol–water partition coefficient (Wildman–Crippen LogP) is 3.56. The Kier molecular flexibility index (Phi) is 6.05. The van der Waals surface area contributed by atoms with Crippen molar-refractivity contribution in [3.63, 3.8) is 0 Å². The van der Waals surface area contributed by atoms with Crippen LogP contribution < -0.4 is 5.32 Å². The number of benzene rings is 2. The summed E-state index contributed by atoms with van der Waals surface area (Å²) >= 11 is 0. The molecule has 0 saturated carbocycles. The molecule has 1 saturated heterocycles. The topological polar surface area (TPSA) is 49.4 Å². The molecule has 3 rings (SSSR count). The van der Waals surface area contributed by atoms with Crippen molar-refractivity contribution in [1.82, 2.24) is 10.2 Å². The summed E-state index contributed by atoms with van der Waals surface area (Å²) in [5.74, 6) is 0.174. The minimum absolute atomic E-state index is 0.0469. The Bertz CT molecular complexity index is 740. The van der Waals surface area contributed by atoms with Gasteiger partial charge in [-0.1, -0.05) is 42.5 Å². The largest absolute Gasteiger partial charge is 0.350 e. The van der Waals surface area contributed by atoms with E-state index in [1.165, 1.54) is 5.56 Å². The third kappa shape index (κ3) is 4.94. The molecule has 1 N–H and O–H groups in total. The molecule has 1 aliphatic rings. The van der Waals surface area contributed by atoms with E-state index in [-0.39, 0.29) is 17.9 Å². The van der Waals surface area contributed by atoms with Gasteiger partial charge in [-0.15, -0.1) is 0 Å². The van der Waals surface area contributed by atoms with Crippen molar-refractivity contribution in [3.05, 3.63) is 71.3 Å². The average molecular weight is 350 g/mol. The lowest BCUT2D eigenvalue weighted by atomic mass is 10.1. The van der Waals surface area contributed by atoms with Crippen LogP contribution >= 0.6 is 0 Å². The highest BCUT2D eigenvalue weighted by Gasteiger charge is 2.20. The molecule has 1 heterocycles. The zero-order valence-electron chi connectivity index (χ0n) is 15.3. The molecular formula is C22H26N2O2. The number of aryl methyl sites for hydroxylation is 1. The average Bonchev–Trinajstić information content (AvgIpc) is 3.06. The first kappa shape index (κ1) is 18.2. The molecule has 1 atom stereocenters. The lowest BCUT2D eigenvalue weighted by Crippen LogP contribution is -2.32. The maximum absolute atomic E-state index is 12.4. The molecule has 0 unspecified atom stereocenters. The third-order valence-electron chi connectivity index (χ3n) is 4.85. The molecule has 2 aromatic carbocycles. The number of rotatable bonds is 7. The van der Waals surface area contributed by atoms with Crippen LogP contribution in [0.5, 0.6) is 0 Å². The number of likely N-dealkylation sites (tertiary alicyclic amines) is 1. The van der Waals surface area contributed by atoms with Crippen LogP contribution in [0.2, 0.25) is 0 Å². The minimum Gasteiger partial charge on any atom is -0.350 e. The molecule has 0 radical (unpaired) electrons. The number of amides is 2. The smallest absolute Gasteiger partial charge is 0.251 e. The first-order chi connectivity index (χ1) is 12.6. The number of carbonyl (C=O) groups is 2. The van der Waals surface area contributed by atoms with Crippen LogP contribution in [-0.4, -0.2) is 29.3 Å². The summed E-state index contributed by atoms with van der Waals surface area (Å²) in [5.41, 5.74) is 3.01. The van der Waals surface area contributed by atoms with Gasteiger partial charge in [0, 0.05) is 31.1 Å². The van der Waals surface area contributed by atoms with Gasteiger partial charge >= 0.3 is 0 Å². The molecule has 26 heavy (non-hydrogen) atoms. The molecule has 0 aromatic heterocycles. The van der Waals surface area contributed by atoms with Crippen molar-refractivity contribution < 1.29 is 9.59 Å². The predicted molar refractivity (Wildman–Crippen MR) is 103 cm³/mol. The summed E-state index contributed by atoms with van der Waals surface area (Å²) in [4.78, 5) is 26.0. The Morgan fingerprint density at radius 2 is 1.81 bits per heavy atom. The van der Waals surface area contributed by atoms with Crippen LogP contribution in [0.15, 0.2) is 54.6 Å². The van der Waals surface area contributed by atoms with E-state index in [2.05, 4.69) is 17.4 Å². The summed E-state index contributed by atoms with van der Waals surface area (Å²) in [6.45, 7) is 3.50. The van der Waals surface area contributed by atoms with Gasteiger partial charge in [0.2, 0.25) is 5.91 Å². The molecular weight excluding hydrogens is 324 g/mol. The maximum atomic E-state index is 12.4. The second-order valence-electron chi connectivity index (χ2n) is 7.01. The van der Waals surface area contributed by atoms with Gasteiger partial charge in [-0.05, 0) is 49.4 Å². The fraction of sp³-hybridized carbons (Fsp3) is 0.364. The van der Waals surface area contributed by atoms with Gasteiger partial charge in [0.05, 0.1) is 0 Å². The Balaban J connectivity index is 1.48. The van der Waals surface area contributed by atoms with Crippen molar-refractivity contribution >= 4 is 11.8 Å². The molecule has 1 fully saturated rings. The molecule has 136 valence electrons. The van der Waals surface area contributed by atoms with Crippen molar-refractivity contribution in [2.75, 3.05) is 6.54 Å². The summed E-state index contributed by atoms with van der Waals surface area (Å²) in [6, 6.07) is 18.0. The highest BCUT2D eigenvalue weighted by Crippen LogP contribution is 2.15. The van der Waals surface area contributed by atoms with Gasteiger partial charge < -0.3 is 10.2 Å². The highest BCUT2D eigenvalue weighted by atomic mass is 16.2. The van der Waals surface area contributed by atoms with Crippen molar-refractivity contribution in [3.8, 4) is 0 Å². The number of hydrogen-bond donors (Lipinski definition) is 1. The normalized spacial score (nSPS) is 15.1. The Morgan fingerprint density at radius 1 is 1.08 bits per heavy atom. The molecule has 2 amide bonds. The monoisotopic (exact) mass is 350 g/mol. The third-order valence-corrected chi connectivity index (χ3v) is 4.85. The summed E-state index contributed by atoms with van der Waals surface area (Å²) in [7, 11) is 0. The zero-order chi connectivity index (χ0) is 18.4. The fourth-order valence-electron chi connectivity index (χ4n) is 3.26. The summed E-state index contributed by atoms with van der Waals surface area (Å²) in [5, 5.41) is 3.06. The van der Waals surface area contributed by atoms with E-state index in [1.807, 2.05) is 54.3 Å². The van der Waals surface area contributed by atoms with Gasteiger partial charge in [0.1, 0.15) is 0 Å². The molecule has 2 aromatic rings. The van der Waals surface area contributed by atoms with E-state index < -0.39 is 0 Å². The van der Waals surface area contributed by atoms with E-state index in [9.17, 15) is 9.59 Å². The number of hydrogen-bond acceptors (Lipinski definition) is 2. The SMILES string of the molecule is C[C@@H](CCc1ccccc1)NC(=O)c1ccc(CN2CCCC2=O)cc1. The van der Waals surface area contributed by atoms with Gasteiger partial charge in [-0.2, -0.15) is 0 Å². The van der Waals surface area contributed by atoms with Gasteiger partial charge in [0.25, 0.3) is 5.91 Å². The minimum atomic E-state index is -0.0469. The van der Waals surface area contributed by atoms with Crippen molar-refractivity contribution in [2.24, 2.45) is 0 Å². The molecule has 4 nitrogen and oxygen atoms in total. The first-order valence-electron chi connectivity index (χ1n) is 9.33. The highest BCUT2D eigenvalue weighted by molar-refractivity contribution is 5.94. The quantitative estimate of drug-likeness (QED) is 0.830. The summed E-state index contributed by atoms with van der Waals surface area (Å²) < 4.78 is 0. The van der Waals surface area contributed by atoms with Crippen LogP contribution in [0, 0.1) is 0 Å². The Hall–Kier alpha value is -2.62. The molecule has 0 bridgehead atoms. The number of nitrogens with zero attached hydrogens (tertiary/aromatic N) is 1. The lowest BCUT2D eigenvalue weighted by Gasteiger charge is -2.16. The van der Waals surface area contributed by atoms with Crippen LogP contribution in [0.3, 0.4) is 0 Å². The number of nitrogens with one attached hydrogen (secondary N) is 1. The summed E-state index contributed by atoms with van der Waals surface area (Å²) in [6.07, 6.45) is 3.46. The standard InChI is InChI=1S/C22H26N2O2/c1-17(9-10-18-6-3-2-4-7-18)23-22(26)20-13-11-19(12-14-20)16-24-15-5-8-21(24)25/h2-4,6-7,11-14,17H,5,8-10,15-16H2,1H3,(H,23,26)/t17-/m0/s1. The van der Waals surface area contributed by atoms with E-state index >= 15 is 0 Å². The van der Waals surface area contributed by atoms with Gasteiger partial charge in [-0.3, -0.25) is 9.59 Å². The maximum Gasteiger partial charge on any atom is 0.251 e. The Morgan fingerprint density at radius 3 is 2.46 bits per heavy atom. The first-order valence-corrected chi connectivity index (χ1v) is 9.33. The molecule has 1 aliphatic heterocycles. The van der Waals surface area contributed by atoms with E-state index in [0.29, 0.717) is 18.5 Å². The van der Waals surface area contributed by atoms with Gasteiger partial charge in [0.15, 0.2) is 0 Å². The molecule has 0 spiro atoms. The van der Waals surface area contributed by atoms with E-state index in [0.717, 1.165) is 31.4 Å². The number of carbonyl (C=O) groups excluding carboxylic acids is 2. The second-order valence-corrected chi connectivity index (χ2v) is 7.01. The molecule has 4 heteroatoms. The van der Waals surface area contributed by atoms with Crippen LogP contribution in [0.1, 0.15) is 47.7 Å².